The molecule has 2 fully saturated rings. The van der Waals surface area contributed by atoms with Crippen LogP contribution in [0.25, 0.3) is 0 Å². The van der Waals surface area contributed by atoms with Gasteiger partial charge >= 0.3 is 0 Å². The van der Waals surface area contributed by atoms with Gasteiger partial charge in [-0.05, 0) is 43.5 Å². The van der Waals surface area contributed by atoms with E-state index in [2.05, 4.69) is 4.72 Å². The number of carbonyl (C=O) groups excluding carboxylic acids is 1. The third-order valence-electron chi connectivity index (χ3n) is 5.71. The van der Waals surface area contributed by atoms with Crippen LogP contribution in [0.15, 0.2) is 53.4 Å². The number of nitrogens with one attached hydrogen (secondary N) is 1. The molecule has 172 valence electrons. The Hall–Kier alpha value is -1.97. The predicted molar refractivity (Wildman–Crippen MR) is 121 cm³/mol. The summed E-state index contributed by atoms with van der Waals surface area (Å²) in [6.45, 7) is 3.54. The lowest BCUT2D eigenvalue weighted by Gasteiger charge is -2.37. The number of hydrogen-bond acceptors (Lipinski definition) is 5. The van der Waals surface area contributed by atoms with Gasteiger partial charge in [0.1, 0.15) is 11.0 Å². The molecular weight excluding hydrogens is 452 g/mol. The summed E-state index contributed by atoms with van der Waals surface area (Å²) in [5.41, 5.74) is 1.27. The second-order valence-electron chi connectivity index (χ2n) is 8.19. The van der Waals surface area contributed by atoms with Gasteiger partial charge in [0.15, 0.2) is 0 Å². The molecule has 2 aromatic rings. The summed E-state index contributed by atoms with van der Waals surface area (Å²) in [6.07, 6.45) is 1.19. The molecule has 2 aliphatic rings. The minimum atomic E-state index is -3.89. The van der Waals surface area contributed by atoms with E-state index in [0.717, 1.165) is 18.4 Å². The molecule has 3 atom stereocenters. The Morgan fingerprint density at radius 3 is 2.69 bits per heavy atom. The summed E-state index contributed by atoms with van der Waals surface area (Å²) in [5, 5.41) is 0.0684. The number of sulfonamides is 1. The first-order valence-corrected chi connectivity index (χ1v) is 12.6. The molecule has 3 unspecified atom stereocenters. The Morgan fingerprint density at radius 1 is 1.19 bits per heavy atom. The van der Waals surface area contributed by atoms with Crippen LogP contribution in [0.3, 0.4) is 0 Å². The third-order valence-corrected chi connectivity index (χ3v) is 7.62. The normalized spacial score (nSPS) is 23.9. The van der Waals surface area contributed by atoms with E-state index in [-0.39, 0.29) is 46.2 Å². The molecule has 2 saturated heterocycles. The Kier molecular flexibility index (Phi) is 7.17. The molecule has 2 aromatic carbocycles. The first-order valence-electron chi connectivity index (χ1n) is 10.7. The summed E-state index contributed by atoms with van der Waals surface area (Å²) in [7, 11) is -3.89. The predicted octanol–water partition coefficient (Wildman–Crippen LogP) is 3.40. The highest BCUT2D eigenvalue weighted by Gasteiger charge is 2.31. The molecular formula is C23H27ClN2O5S. The van der Waals surface area contributed by atoms with E-state index in [4.69, 9.17) is 21.1 Å². The highest BCUT2D eigenvalue weighted by atomic mass is 35.5. The number of nitrogens with zero attached hydrogens (tertiary/aromatic N) is 1. The number of hydrogen-bond donors (Lipinski definition) is 1. The fourth-order valence-electron chi connectivity index (χ4n) is 4.08. The third kappa shape index (κ3) is 5.32. The molecule has 2 aliphatic heterocycles. The van der Waals surface area contributed by atoms with Crippen molar-refractivity contribution in [2.45, 2.75) is 43.0 Å². The first-order chi connectivity index (χ1) is 15.3. The molecule has 2 heterocycles. The van der Waals surface area contributed by atoms with Crippen LogP contribution in [-0.2, 0) is 19.5 Å². The summed E-state index contributed by atoms with van der Waals surface area (Å²) in [6, 6.07) is 14.1. The monoisotopic (exact) mass is 478 g/mol. The maximum Gasteiger partial charge on any atom is 0.254 e. The molecule has 1 N–H and O–H groups in total. The van der Waals surface area contributed by atoms with Crippen molar-refractivity contribution < 1.29 is 22.7 Å². The quantitative estimate of drug-likeness (QED) is 0.687. The number of amides is 1. The van der Waals surface area contributed by atoms with Crippen molar-refractivity contribution in [1.82, 2.24) is 9.62 Å². The van der Waals surface area contributed by atoms with E-state index in [0.29, 0.717) is 19.7 Å². The van der Waals surface area contributed by atoms with E-state index in [1.165, 1.54) is 12.1 Å². The van der Waals surface area contributed by atoms with Crippen LogP contribution in [0.2, 0.25) is 5.02 Å². The van der Waals surface area contributed by atoms with E-state index in [1.54, 1.807) is 11.0 Å². The van der Waals surface area contributed by atoms with Gasteiger partial charge in [-0.15, -0.1) is 0 Å². The van der Waals surface area contributed by atoms with Crippen LogP contribution in [0.4, 0.5) is 0 Å². The van der Waals surface area contributed by atoms with Crippen molar-refractivity contribution >= 4 is 27.5 Å². The molecule has 0 aromatic heterocycles. The molecule has 0 bridgehead atoms. The number of halogens is 1. The van der Waals surface area contributed by atoms with Gasteiger partial charge in [-0.25, -0.2) is 13.1 Å². The topological polar surface area (TPSA) is 84.9 Å². The van der Waals surface area contributed by atoms with Gasteiger partial charge in [-0.2, -0.15) is 0 Å². The highest BCUT2D eigenvalue weighted by Crippen LogP contribution is 2.28. The molecule has 0 aliphatic carbocycles. The van der Waals surface area contributed by atoms with Crippen LogP contribution in [-0.4, -0.2) is 57.7 Å². The highest BCUT2D eigenvalue weighted by molar-refractivity contribution is 7.89. The Balaban J connectivity index is 1.52. The van der Waals surface area contributed by atoms with E-state index in [9.17, 15) is 13.2 Å². The van der Waals surface area contributed by atoms with Crippen molar-refractivity contribution in [3.8, 4) is 0 Å². The number of morpholine rings is 1. The summed E-state index contributed by atoms with van der Waals surface area (Å²) in [5.74, 6) is -0.256. The van der Waals surface area contributed by atoms with Gasteiger partial charge in [0.05, 0.1) is 23.8 Å². The molecule has 0 radical (unpaired) electrons. The number of carbonyl (C=O) groups is 1. The molecule has 0 saturated carbocycles. The summed E-state index contributed by atoms with van der Waals surface area (Å²) < 4.78 is 39.8. The van der Waals surface area contributed by atoms with Crippen molar-refractivity contribution in [3.05, 3.63) is 64.7 Å². The lowest BCUT2D eigenvalue weighted by Crippen LogP contribution is -2.46. The average Bonchev–Trinajstić information content (AvgIpc) is 3.31. The molecule has 7 nitrogen and oxygen atoms in total. The number of rotatable bonds is 6. The lowest BCUT2D eigenvalue weighted by molar-refractivity contribution is -0.0691. The fraction of sp³-hybridized carbons (Fsp3) is 0.435. The number of ether oxygens (including phenoxy) is 2. The van der Waals surface area contributed by atoms with Crippen LogP contribution in [0.1, 0.15) is 41.8 Å². The lowest BCUT2D eigenvalue weighted by atomic mass is 10.1. The Morgan fingerprint density at radius 2 is 1.97 bits per heavy atom. The molecule has 1 amide bonds. The van der Waals surface area contributed by atoms with Gasteiger partial charge in [0.25, 0.3) is 5.91 Å². The SMILES string of the molecule is CC1CN(C(=O)c2ccc(Cl)c(S(=O)(=O)NCC3CCCO3)c2)CC(c2ccccc2)O1. The van der Waals surface area contributed by atoms with Crippen LogP contribution < -0.4 is 4.72 Å². The molecule has 9 heteroatoms. The molecule has 4 rings (SSSR count). The summed E-state index contributed by atoms with van der Waals surface area (Å²) in [4.78, 5) is 14.9. The van der Waals surface area contributed by atoms with Crippen LogP contribution in [0, 0.1) is 0 Å². The van der Waals surface area contributed by atoms with Gasteiger partial charge in [-0.3, -0.25) is 4.79 Å². The Bertz CT molecular complexity index is 1060. The van der Waals surface area contributed by atoms with E-state index in [1.807, 2.05) is 37.3 Å². The van der Waals surface area contributed by atoms with Crippen molar-refractivity contribution in [2.24, 2.45) is 0 Å². The van der Waals surface area contributed by atoms with E-state index >= 15 is 0 Å². The minimum absolute atomic E-state index is 0.0684. The van der Waals surface area contributed by atoms with Gasteiger partial charge in [-0.1, -0.05) is 41.9 Å². The minimum Gasteiger partial charge on any atom is -0.377 e. The van der Waals surface area contributed by atoms with Gasteiger partial charge in [0.2, 0.25) is 10.0 Å². The Labute approximate surface area is 193 Å². The van der Waals surface area contributed by atoms with Crippen LogP contribution >= 0.6 is 11.6 Å². The standard InChI is InChI=1S/C23H27ClN2O5S/c1-16-14-26(15-21(31-16)17-6-3-2-4-7-17)23(27)18-9-10-20(24)22(12-18)32(28,29)25-13-19-8-5-11-30-19/h2-4,6-7,9-10,12,16,19,21,25H,5,8,11,13-15H2,1H3. The smallest absolute Gasteiger partial charge is 0.254 e. The average molecular weight is 479 g/mol. The van der Waals surface area contributed by atoms with Crippen molar-refractivity contribution in [1.29, 1.82) is 0 Å². The number of benzene rings is 2. The first kappa shape index (κ1) is 23.2. The molecule has 0 spiro atoms. The van der Waals surface area contributed by atoms with Gasteiger partial charge in [0, 0.05) is 25.3 Å². The fourth-order valence-corrected chi connectivity index (χ4v) is 5.67. The molecule has 32 heavy (non-hydrogen) atoms. The zero-order valence-electron chi connectivity index (χ0n) is 17.9. The van der Waals surface area contributed by atoms with Crippen molar-refractivity contribution in [3.63, 3.8) is 0 Å². The zero-order valence-corrected chi connectivity index (χ0v) is 19.4. The zero-order chi connectivity index (χ0) is 22.7. The van der Waals surface area contributed by atoms with E-state index < -0.39 is 10.0 Å². The van der Waals surface area contributed by atoms with Crippen LogP contribution in [0.5, 0.6) is 0 Å². The van der Waals surface area contributed by atoms with Gasteiger partial charge < -0.3 is 14.4 Å². The maximum atomic E-state index is 13.3. The summed E-state index contributed by atoms with van der Waals surface area (Å²) >= 11 is 6.20. The second-order valence-corrected chi connectivity index (χ2v) is 10.3. The largest absolute Gasteiger partial charge is 0.377 e. The second kappa shape index (κ2) is 9.89. The van der Waals surface area contributed by atoms with Crippen molar-refractivity contribution in [2.75, 3.05) is 26.2 Å². The maximum absolute atomic E-state index is 13.3.